The van der Waals surface area contributed by atoms with Gasteiger partial charge in [-0.2, -0.15) is 5.10 Å². The van der Waals surface area contributed by atoms with Gasteiger partial charge < -0.3 is 19.4 Å². The van der Waals surface area contributed by atoms with Crippen LogP contribution in [0.3, 0.4) is 0 Å². The molecule has 3 aliphatic heterocycles. The molecule has 0 aliphatic carbocycles. The largest absolute Gasteiger partial charge is 0.496 e. The van der Waals surface area contributed by atoms with Gasteiger partial charge in [0.15, 0.2) is 5.78 Å². The number of para-hydroxylation sites is 1. The van der Waals surface area contributed by atoms with Crippen LogP contribution < -0.4 is 14.5 Å². The number of benzene rings is 2. The number of piperidine rings is 2. The lowest BCUT2D eigenvalue weighted by molar-refractivity contribution is -0.126. The second-order valence-electron chi connectivity index (χ2n) is 11.3. The number of anilines is 2. The molecule has 0 bridgehead atoms. The Morgan fingerprint density at radius 3 is 2.49 bits per heavy atom. The summed E-state index contributed by atoms with van der Waals surface area (Å²) in [5.41, 5.74) is 4.28. The Balaban J connectivity index is 1.16. The van der Waals surface area contributed by atoms with Gasteiger partial charge >= 0.3 is 0 Å². The van der Waals surface area contributed by atoms with E-state index < -0.39 is 0 Å². The number of nitrogens with one attached hydrogen (secondary N) is 1. The van der Waals surface area contributed by atoms with Crippen LogP contribution in [0.4, 0.5) is 11.4 Å². The molecule has 204 valence electrons. The second-order valence-corrected chi connectivity index (χ2v) is 11.3. The molecule has 39 heavy (non-hydrogen) atoms. The molecule has 1 spiro atoms. The Morgan fingerprint density at radius 2 is 1.77 bits per heavy atom. The number of amides is 1. The van der Waals surface area contributed by atoms with Crippen LogP contribution in [-0.2, 0) is 4.79 Å². The zero-order valence-corrected chi connectivity index (χ0v) is 22.9. The van der Waals surface area contributed by atoms with E-state index in [0.29, 0.717) is 6.54 Å². The van der Waals surface area contributed by atoms with Gasteiger partial charge in [-0.1, -0.05) is 12.1 Å². The van der Waals surface area contributed by atoms with Gasteiger partial charge in [0.2, 0.25) is 5.91 Å². The van der Waals surface area contributed by atoms with Crippen LogP contribution in [0.2, 0.25) is 0 Å². The molecule has 3 saturated heterocycles. The first-order valence-corrected chi connectivity index (χ1v) is 14.0. The third-order valence-corrected chi connectivity index (χ3v) is 9.14. The van der Waals surface area contributed by atoms with E-state index in [2.05, 4.69) is 33.1 Å². The van der Waals surface area contributed by atoms with Crippen LogP contribution in [0, 0.1) is 11.3 Å². The molecular weight excluding hydrogens is 490 g/mol. The molecule has 1 N–H and O–H groups in total. The number of hydrogen-bond donors (Lipinski definition) is 1. The Bertz CT molecular complexity index is 1340. The van der Waals surface area contributed by atoms with Crippen molar-refractivity contribution in [2.45, 2.75) is 32.1 Å². The fourth-order valence-corrected chi connectivity index (χ4v) is 6.64. The van der Waals surface area contributed by atoms with E-state index >= 15 is 0 Å². The van der Waals surface area contributed by atoms with Crippen molar-refractivity contribution in [3.63, 3.8) is 0 Å². The predicted molar refractivity (Wildman–Crippen MR) is 152 cm³/mol. The molecular formula is C31H37N5O3. The average Bonchev–Trinajstić information content (AvgIpc) is 3.62. The van der Waals surface area contributed by atoms with Gasteiger partial charge in [0, 0.05) is 65.9 Å². The molecule has 1 amide bonds. The molecule has 2 aromatic carbocycles. The minimum absolute atomic E-state index is 0.0975. The lowest BCUT2D eigenvalue weighted by atomic mass is 9.76. The number of ether oxygens (including phenoxy) is 1. The summed E-state index contributed by atoms with van der Waals surface area (Å²) in [5.74, 6) is 1.30. The minimum Gasteiger partial charge on any atom is -0.496 e. The van der Waals surface area contributed by atoms with E-state index in [-0.39, 0.29) is 23.0 Å². The molecule has 3 aliphatic rings. The summed E-state index contributed by atoms with van der Waals surface area (Å²) in [5, 5.41) is 6.89. The van der Waals surface area contributed by atoms with Crippen molar-refractivity contribution < 1.29 is 14.3 Å². The molecule has 0 saturated carbocycles. The smallest absolute Gasteiger partial charge is 0.233 e. The average molecular weight is 528 g/mol. The first-order chi connectivity index (χ1) is 19.0. The van der Waals surface area contributed by atoms with Crippen molar-refractivity contribution in [1.82, 2.24) is 15.1 Å². The number of aromatic amines is 1. The summed E-state index contributed by atoms with van der Waals surface area (Å²) in [4.78, 5) is 33.9. The number of carbonyl (C=O) groups excluding carboxylic acids is 2. The van der Waals surface area contributed by atoms with Crippen molar-refractivity contribution >= 4 is 23.1 Å². The van der Waals surface area contributed by atoms with Crippen LogP contribution in [0.25, 0.3) is 11.1 Å². The number of nitrogens with zero attached hydrogens (tertiary/aromatic N) is 4. The minimum atomic E-state index is -0.347. The molecule has 8 nitrogen and oxygen atoms in total. The quantitative estimate of drug-likeness (QED) is 0.471. The van der Waals surface area contributed by atoms with Gasteiger partial charge in [-0.05, 0) is 76.5 Å². The van der Waals surface area contributed by atoms with E-state index in [4.69, 9.17) is 4.74 Å². The number of H-pyrrole nitrogens is 1. The number of aromatic nitrogens is 2. The molecule has 4 heterocycles. The number of likely N-dealkylation sites (tertiary alicyclic amines) is 1. The van der Waals surface area contributed by atoms with Crippen molar-refractivity contribution in [2.24, 2.45) is 11.3 Å². The number of rotatable bonds is 6. The molecule has 3 fully saturated rings. The fourth-order valence-electron chi connectivity index (χ4n) is 6.64. The number of methoxy groups -OCH3 is 1. The highest BCUT2D eigenvalue weighted by Crippen LogP contribution is 2.45. The predicted octanol–water partition coefficient (Wildman–Crippen LogP) is 4.63. The SMILES string of the molecule is COc1cc(N2CCC3(CCN(c4ccccc4C(=O)C4CCN(C)CC4)CC3)C2=O)ccc1-c1cn[nH]c1. The summed E-state index contributed by atoms with van der Waals surface area (Å²) in [6.45, 7) is 4.21. The topological polar surface area (TPSA) is 81.8 Å². The molecule has 0 atom stereocenters. The Kier molecular flexibility index (Phi) is 6.89. The standard InChI is InChI=1S/C31H37N5O3/c1-34-14-9-22(10-15-34)29(37)26-5-3-4-6-27(26)35-16-11-31(12-17-35)13-18-36(30(31)38)24-7-8-25(28(19-24)39-2)23-20-32-33-21-23/h3-8,19-22H,9-18H2,1-2H3,(H,32,33). The lowest BCUT2D eigenvalue weighted by Crippen LogP contribution is -2.45. The van der Waals surface area contributed by atoms with Crippen LogP contribution in [-0.4, -0.2) is 73.7 Å². The second kappa shape index (κ2) is 10.5. The van der Waals surface area contributed by atoms with E-state index in [1.54, 1.807) is 13.3 Å². The summed E-state index contributed by atoms with van der Waals surface area (Å²) in [6.07, 6.45) is 7.88. The highest BCUT2D eigenvalue weighted by Gasteiger charge is 2.49. The molecule has 3 aromatic rings. The third-order valence-electron chi connectivity index (χ3n) is 9.14. The summed E-state index contributed by atoms with van der Waals surface area (Å²) < 4.78 is 5.67. The maximum Gasteiger partial charge on any atom is 0.233 e. The first kappa shape index (κ1) is 25.6. The summed E-state index contributed by atoms with van der Waals surface area (Å²) in [7, 11) is 3.78. The van der Waals surface area contributed by atoms with Crippen LogP contribution >= 0.6 is 0 Å². The lowest BCUT2D eigenvalue weighted by Gasteiger charge is -2.40. The van der Waals surface area contributed by atoms with Crippen molar-refractivity contribution in [3.8, 4) is 16.9 Å². The van der Waals surface area contributed by atoms with Gasteiger partial charge in [0.1, 0.15) is 5.75 Å². The summed E-state index contributed by atoms with van der Waals surface area (Å²) >= 11 is 0. The van der Waals surface area contributed by atoms with Crippen LogP contribution in [0.5, 0.6) is 5.75 Å². The highest BCUT2D eigenvalue weighted by molar-refractivity contribution is 6.03. The maximum absolute atomic E-state index is 13.8. The zero-order chi connectivity index (χ0) is 27.0. The van der Waals surface area contributed by atoms with E-state index in [1.807, 2.05) is 47.5 Å². The van der Waals surface area contributed by atoms with Gasteiger partial charge in [0.05, 0.1) is 18.7 Å². The third kappa shape index (κ3) is 4.71. The Hall–Kier alpha value is -3.65. The van der Waals surface area contributed by atoms with Gasteiger partial charge in [-0.25, -0.2) is 0 Å². The van der Waals surface area contributed by atoms with Crippen molar-refractivity contribution in [2.75, 3.05) is 56.7 Å². The molecule has 1 aromatic heterocycles. The van der Waals surface area contributed by atoms with Crippen molar-refractivity contribution in [3.05, 3.63) is 60.4 Å². The van der Waals surface area contributed by atoms with E-state index in [9.17, 15) is 9.59 Å². The maximum atomic E-state index is 13.8. The number of hydrogen-bond acceptors (Lipinski definition) is 6. The monoisotopic (exact) mass is 527 g/mol. The fraction of sp³-hybridized carbons (Fsp3) is 0.452. The van der Waals surface area contributed by atoms with Gasteiger partial charge in [0.25, 0.3) is 0 Å². The normalized spacial score (nSPS) is 20.1. The summed E-state index contributed by atoms with van der Waals surface area (Å²) in [6, 6.07) is 14.0. The van der Waals surface area contributed by atoms with Crippen molar-refractivity contribution in [1.29, 1.82) is 0 Å². The molecule has 8 heteroatoms. The van der Waals surface area contributed by atoms with Gasteiger partial charge in [-0.15, -0.1) is 0 Å². The van der Waals surface area contributed by atoms with Crippen LogP contribution in [0.1, 0.15) is 42.5 Å². The van der Waals surface area contributed by atoms with E-state index in [1.165, 1.54) is 0 Å². The molecule has 0 unspecified atom stereocenters. The Labute approximate surface area is 229 Å². The van der Waals surface area contributed by atoms with Crippen LogP contribution in [0.15, 0.2) is 54.9 Å². The Morgan fingerprint density at radius 1 is 1.03 bits per heavy atom. The van der Waals surface area contributed by atoms with Gasteiger partial charge in [-0.3, -0.25) is 14.7 Å². The molecule has 0 radical (unpaired) electrons. The van der Waals surface area contributed by atoms with E-state index in [0.717, 1.165) is 92.1 Å². The number of ketones is 1. The number of Topliss-reactive ketones (excluding diaryl/α,β-unsaturated/α-hetero) is 1. The first-order valence-electron chi connectivity index (χ1n) is 14.0. The number of carbonyl (C=O) groups is 2. The molecule has 6 rings (SSSR count). The highest BCUT2D eigenvalue weighted by atomic mass is 16.5. The zero-order valence-electron chi connectivity index (χ0n) is 22.9.